The molecule has 0 bridgehead atoms. The molecular weight excluding hydrogens is 242 g/mol. The molecule has 0 saturated carbocycles. The van der Waals surface area contributed by atoms with Crippen LogP contribution in [0.5, 0.6) is 11.5 Å². The van der Waals surface area contributed by atoms with Crippen molar-refractivity contribution in [3.05, 3.63) is 35.4 Å². The maximum Gasteiger partial charge on any atom is 0.247 e. The molecule has 0 saturated heterocycles. The first-order valence-electron chi connectivity index (χ1n) is 6.57. The van der Waals surface area contributed by atoms with E-state index < -0.39 is 0 Å². The summed E-state index contributed by atoms with van der Waals surface area (Å²) in [5, 5.41) is 21.6. The SMILES string of the molecule is C[C@H](Cc1ccc(O)c(O)c1)NC(=O)C1=CCCC1. The van der Waals surface area contributed by atoms with Crippen LogP contribution >= 0.6 is 0 Å². The maximum absolute atomic E-state index is 11.9. The molecule has 0 aromatic heterocycles. The lowest BCUT2D eigenvalue weighted by molar-refractivity contribution is -0.118. The number of hydrogen-bond acceptors (Lipinski definition) is 3. The van der Waals surface area contributed by atoms with E-state index in [4.69, 9.17) is 0 Å². The Morgan fingerprint density at radius 3 is 2.79 bits per heavy atom. The first-order valence-corrected chi connectivity index (χ1v) is 6.57. The molecule has 0 spiro atoms. The van der Waals surface area contributed by atoms with E-state index in [1.165, 1.54) is 12.1 Å². The summed E-state index contributed by atoms with van der Waals surface area (Å²) in [7, 11) is 0. The minimum Gasteiger partial charge on any atom is -0.504 e. The zero-order chi connectivity index (χ0) is 13.8. The highest BCUT2D eigenvalue weighted by atomic mass is 16.3. The van der Waals surface area contributed by atoms with Gasteiger partial charge in [0.05, 0.1) is 0 Å². The first kappa shape index (κ1) is 13.5. The lowest BCUT2D eigenvalue weighted by Gasteiger charge is -2.14. The quantitative estimate of drug-likeness (QED) is 0.728. The van der Waals surface area contributed by atoms with Gasteiger partial charge < -0.3 is 15.5 Å². The Bertz CT molecular complexity index is 508. The molecule has 102 valence electrons. The van der Waals surface area contributed by atoms with Crippen LogP contribution in [-0.4, -0.2) is 22.2 Å². The third-order valence-electron chi connectivity index (χ3n) is 3.29. The molecule has 0 heterocycles. The number of carbonyl (C=O) groups excluding carboxylic acids is 1. The molecule has 0 radical (unpaired) electrons. The van der Waals surface area contributed by atoms with Gasteiger partial charge in [0, 0.05) is 11.6 Å². The fourth-order valence-corrected chi connectivity index (χ4v) is 2.29. The Hall–Kier alpha value is -1.97. The number of aromatic hydroxyl groups is 2. The van der Waals surface area contributed by atoms with Crippen LogP contribution in [0.15, 0.2) is 29.8 Å². The molecule has 0 unspecified atom stereocenters. The molecule has 2 rings (SSSR count). The van der Waals surface area contributed by atoms with E-state index in [1.807, 2.05) is 13.0 Å². The highest BCUT2D eigenvalue weighted by molar-refractivity contribution is 5.93. The Morgan fingerprint density at radius 1 is 1.37 bits per heavy atom. The molecule has 1 amide bonds. The van der Waals surface area contributed by atoms with E-state index in [2.05, 4.69) is 5.32 Å². The topological polar surface area (TPSA) is 69.6 Å². The molecular formula is C15H19NO3. The second-order valence-corrected chi connectivity index (χ2v) is 5.02. The minimum absolute atomic E-state index is 0.00741. The van der Waals surface area contributed by atoms with Gasteiger partial charge in [-0.15, -0.1) is 0 Å². The maximum atomic E-state index is 11.9. The predicted molar refractivity (Wildman–Crippen MR) is 73.0 cm³/mol. The van der Waals surface area contributed by atoms with Gasteiger partial charge >= 0.3 is 0 Å². The number of hydrogen-bond donors (Lipinski definition) is 3. The molecule has 4 heteroatoms. The third kappa shape index (κ3) is 3.50. The van der Waals surface area contributed by atoms with Gasteiger partial charge in [-0.1, -0.05) is 12.1 Å². The summed E-state index contributed by atoms with van der Waals surface area (Å²) in [6, 6.07) is 4.70. The van der Waals surface area contributed by atoms with Crippen LogP contribution in [0, 0.1) is 0 Å². The van der Waals surface area contributed by atoms with Crippen LogP contribution in [0.25, 0.3) is 0 Å². The van der Waals surface area contributed by atoms with Gasteiger partial charge in [0.15, 0.2) is 11.5 Å². The highest BCUT2D eigenvalue weighted by Crippen LogP contribution is 2.25. The number of allylic oxidation sites excluding steroid dienone is 1. The van der Waals surface area contributed by atoms with Crippen LogP contribution in [0.3, 0.4) is 0 Å². The lowest BCUT2D eigenvalue weighted by atomic mass is 10.1. The molecule has 1 atom stereocenters. The van der Waals surface area contributed by atoms with Crippen LogP contribution in [0.2, 0.25) is 0 Å². The Morgan fingerprint density at radius 2 is 2.16 bits per heavy atom. The van der Waals surface area contributed by atoms with E-state index >= 15 is 0 Å². The van der Waals surface area contributed by atoms with Crippen molar-refractivity contribution < 1.29 is 15.0 Å². The molecule has 0 aliphatic heterocycles. The molecule has 3 N–H and O–H groups in total. The largest absolute Gasteiger partial charge is 0.504 e. The molecule has 1 aromatic carbocycles. The van der Waals surface area contributed by atoms with Crippen molar-refractivity contribution in [2.75, 3.05) is 0 Å². The summed E-state index contributed by atoms with van der Waals surface area (Å²) in [4.78, 5) is 11.9. The normalized spacial score (nSPS) is 15.9. The van der Waals surface area contributed by atoms with Gasteiger partial charge in [-0.05, 0) is 50.3 Å². The molecule has 1 aliphatic rings. The summed E-state index contributed by atoms with van der Waals surface area (Å²) in [5.74, 6) is -0.251. The van der Waals surface area contributed by atoms with Crippen molar-refractivity contribution in [3.8, 4) is 11.5 Å². The van der Waals surface area contributed by atoms with Gasteiger partial charge in [0.25, 0.3) is 0 Å². The zero-order valence-corrected chi connectivity index (χ0v) is 11.0. The number of benzene rings is 1. The standard InChI is InChI=1S/C15H19NO3/c1-10(16-15(19)12-4-2-3-5-12)8-11-6-7-13(17)14(18)9-11/h4,6-7,9-10,17-18H,2-3,5,8H2,1H3,(H,16,19)/t10-/m1/s1. The van der Waals surface area contributed by atoms with Crippen LogP contribution in [0.4, 0.5) is 0 Å². The second kappa shape index (κ2) is 5.78. The Balaban J connectivity index is 1.91. The lowest BCUT2D eigenvalue weighted by Crippen LogP contribution is -2.34. The van der Waals surface area contributed by atoms with Crippen LogP contribution in [-0.2, 0) is 11.2 Å². The molecule has 19 heavy (non-hydrogen) atoms. The average molecular weight is 261 g/mol. The number of rotatable bonds is 4. The minimum atomic E-state index is -0.130. The van der Waals surface area contributed by atoms with Crippen LogP contribution < -0.4 is 5.32 Å². The van der Waals surface area contributed by atoms with E-state index in [0.717, 1.165) is 30.4 Å². The van der Waals surface area contributed by atoms with Crippen LogP contribution in [0.1, 0.15) is 31.7 Å². The average Bonchev–Trinajstić information content (AvgIpc) is 2.87. The van der Waals surface area contributed by atoms with Gasteiger partial charge in [0.2, 0.25) is 5.91 Å². The van der Waals surface area contributed by atoms with Gasteiger partial charge in [0.1, 0.15) is 0 Å². The van der Waals surface area contributed by atoms with Crippen molar-refractivity contribution >= 4 is 5.91 Å². The van der Waals surface area contributed by atoms with Crippen molar-refractivity contribution in [2.45, 2.75) is 38.6 Å². The summed E-state index contributed by atoms with van der Waals surface area (Å²) in [6.07, 6.45) is 5.52. The number of amides is 1. The van der Waals surface area contributed by atoms with Crippen molar-refractivity contribution in [3.63, 3.8) is 0 Å². The fourth-order valence-electron chi connectivity index (χ4n) is 2.29. The fraction of sp³-hybridized carbons (Fsp3) is 0.400. The summed E-state index contributed by atoms with van der Waals surface area (Å²) in [5.41, 5.74) is 1.75. The number of phenolic OH excluding ortho intramolecular Hbond substituents is 2. The number of carbonyl (C=O) groups is 1. The highest BCUT2D eigenvalue weighted by Gasteiger charge is 2.15. The van der Waals surface area contributed by atoms with E-state index in [0.29, 0.717) is 6.42 Å². The van der Waals surface area contributed by atoms with Crippen molar-refractivity contribution in [2.24, 2.45) is 0 Å². The molecule has 4 nitrogen and oxygen atoms in total. The molecule has 1 aliphatic carbocycles. The smallest absolute Gasteiger partial charge is 0.247 e. The Kier molecular flexibility index (Phi) is 4.10. The summed E-state index contributed by atoms with van der Waals surface area (Å²) in [6.45, 7) is 1.93. The van der Waals surface area contributed by atoms with E-state index in [9.17, 15) is 15.0 Å². The second-order valence-electron chi connectivity index (χ2n) is 5.02. The molecule has 1 aromatic rings. The number of phenols is 2. The third-order valence-corrected chi connectivity index (χ3v) is 3.29. The monoisotopic (exact) mass is 261 g/mol. The summed E-state index contributed by atoms with van der Waals surface area (Å²) < 4.78 is 0. The van der Waals surface area contributed by atoms with E-state index in [1.54, 1.807) is 6.07 Å². The molecule has 0 fully saturated rings. The predicted octanol–water partition coefficient (Wildman–Crippen LogP) is 2.26. The Labute approximate surface area is 112 Å². The number of nitrogens with one attached hydrogen (secondary N) is 1. The van der Waals surface area contributed by atoms with Crippen molar-refractivity contribution in [1.29, 1.82) is 0 Å². The van der Waals surface area contributed by atoms with E-state index in [-0.39, 0.29) is 23.4 Å². The zero-order valence-electron chi connectivity index (χ0n) is 11.0. The van der Waals surface area contributed by atoms with Gasteiger partial charge in [-0.25, -0.2) is 0 Å². The van der Waals surface area contributed by atoms with Gasteiger partial charge in [-0.3, -0.25) is 4.79 Å². The first-order chi connectivity index (χ1) is 9.06. The van der Waals surface area contributed by atoms with Crippen molar-refractivity contribution in [1.82, 2.24) is 5.32 Å². The summed E-state index contributed by atoms with van der Waals surface area (Å²) >= 11 is 0. The van der Waals surface area contributed by atoms with Gasteiger partial charge in [-0.2, -0.15) is 0 Å².